The Balaban J connectivity index is 1.08. The van der Waals surface area contributed by atoms with Crippen LogP contribution in [0.3, 0.4) is 0 Å². The largest absolute Gasteiger partial charge is 0.489 e. The SMILES string of the molecule is O=C(NCc1ccc(OCc2ccccc2)cc1)C1CN(C(=O)c2c[nH]c3ccccc23)C1. The lowest BCUT2D eigenvalue weighted by Crippen LogP contribution is -2.55. The summed E-state index contributed by atoms with van der Waals surface area (Å²) in [6.07, 6.45) is 1.74. The normalized spacial score (nSPS) is 13.5. The number of nitrogens with zero attached hydrogens (tertiary/aromatic N) is 1. The molecular formula is C27H25N3O3. The Morgan fingerprint density at radius 1 is 0.909 bits per heavy atom. The van der Waals surface area contributed by atoms with E-state index in [1.54, 1.807) is 11.1 Å². The van der Waals surface area contributed by atoms with E-state index in [0.29, 0.717) is 31.8 Å². The molecule has 1 aliphatic heterocycles. The second-order valence-electron chi connectivity index (χ2n) is 8.29. The summed E-state index contributed by atoms with van der Waals surface area (Å²) >= 11 is 0. The summed E-state index contributed by atoms with van der Waals surface area (Å²) in [7, 11) is 0. The summed E-state index contributed by atoms with van der Waals surface area (Å²) in [5.41, 5.74) is 3.71. The van der Waals surface area contributed by atoms with Crippen molar-refractivity contribution in [3.05, 3.63) is 102 Å². The molecule has 1 fully saturated rings. The predicted octanol–water partition coefficient (Wildman–Crippen LogP) is 4.14. The van der Waals surface area contributed by atoms with Gasteiger partial charge in [0.1, 0.15) is 12.4 Å². The Morgan fingerprint density at radius 2 is 1.64 bits per heavy atom. The molecule has 5 rings (SSSR count). The molecule has 33 heavy (non-hydrogen) atoms. The number of aromatic nitrogens is 1. The highest BCUT2D eigenvalue weighted by atomic mass is 16.5. The van der Waals surface area contributed by atoms with E-state index in [9.17, 15) is 9.59 Å². The summed E-state index contributed by atoms with van der Waals surface area (Å²) in [6.45, 7) is 1.85. The van der Waals surface area contributed by atoms with Gasteiger partial charge in [0.15, 0.2) is 0 Å². The first-order chi connectivity index (χ1) is 16.2. The summed E-state index contributed by atoms with van der Waals surface area (Å²) < 4.78 is 5.80. The molecular weight excluding hydrogens is 414 g/mol. The number of fused-ring (bicyclic) bond motifs is 1. The van der Waals surface area contributed by atoms with Gasteiger partial charge in [0.2, 0.25) is 5.91 Å². The number of aromatic amines is 1. The first-order valence-corrected chi connectivity index (χ1v) is 11.1. The number of para-hydroxylation sites is 1. The predicted molar refractivity (Wildman–Crippen MR) is 127 cm³/mol. The van der Waals surface area contributed by atoms with Crippen LogP contribution in [0.25, 0.3) is 10.9 Å². The van der Waals surface area contributed by atoms with Crippen LogP contribution in [0.15, 0.2) is 85.1 Å². The van der Waals surface area contributed by atoms with Gasteiger partial charge in [-0.15, -0.1) is 0 Å². The molecule has 1 aromatic heterocycles. The number of hydrogen-bond donors (Lipinski definition) is 2. The van der Waals surface area contributed by atoms with Crippen molar-refractivity contribution in [2.75, 3.05) is 13.1 Å². The fourth-order valence-electron chi connectivity index (χ4n) is 4.01. The highest BCUT2D eigenvalue weighted by Crippen LogP contribution is 2.24. The van der Waals surface area contributed by atoms with E-state index in [2.05, 4.69) is 10.3 Å². The lowest BCUT2D eigenvalue weighted by Gasteiger charge is -2.38. The van der Waals surface area contributed by atoms with Gasteiger partial charge in [0.25, 0.3) is 5.91 Å². The molecule has 4 aromatic rings. The lowest BCUT2D eigenvalue weighted by atomic mass is 9.97. The van der Waals surface area contributed by atoms with Gasteiger partial charge in [0, 0.05) is 36.7 Å². The molecule has 0 unspecified atom stereocenters. The summed E-state index contributed by atoms with van der Waals surface area (Å²) in [6, 6.07) is 25.5. The van der Waals surface area contributed by atoms with Crippen molar-refractivity contribution < 1.29 is 14.3 Å². The standard InChI is InChI=1S/C27H25N3O3/c31-26(21-16-30(17-21)27(32)24-15-28-25-9-5-4-8-23(24)25)29-14-19-10-12-22(13-11-19)33-18-20-6-2-1-3-7-20/h1-13,15,21,28H,14,16-18H2,(H,29,31). The van der Waals surface area contributed by atoms with Crippen molar-refractivity contribution in [3.63, 3.8) is 0 Å². The van der Waals surface area contributed by atoms with Gasteiger partial charge < -0.3 is 19.9 Å². The lowest BCUT2D eigenvalue weighted by molar-refractivity contribution is -0.129. The van der Waals surface area contributed by atoms with E-state index < -0.39 is 0 Å². The highest BCUT2D eigenvalue weighted by Gasteiger charge is 2.36. The maximum Gasteiger partial charge on any atom is 0.256 e. The van der Waals surface area contributed by atoms with Crippen molar-refractivity contribution in [1.82, 2.24) is 15.2 Å². The van der Waals surface area contributed by atoms with Gasteiger partial charge in [0.05, 0.1) is 11.5 Å². The van der Waals surface area contributed by atoms with Gasteiger partial charge in [-0.2, -0.15) is 0 Å². The van der Waals surface area contributed by atoms with E-state index in [-0.39, 0.29) is 17.7 Å². The maximum atomic E-state index is 12.8. The maximum absolute atomic E-state index is 12.8. The molecule has 6 nitrogen and oxygen atoms in total. The molecule has 0 bridgehead atoms. The van der Waals surface area contributed by atoms with Gasteiger partial charge in [-0.05, 0) is 29.3 Å². The molecule has 0 aliphatic carbocycles. The molecule has 0 atom stereocenters. The first-order valence-electron chi connectivity index (χ1n) is 11.1. The molecule has 1 aliphatic rings. The van der Waals surface area contributed by atoms with Crippen molar-refractivity contribution in [2.45, 2.75) is 13.2 Å². The van der Waals surface area contributed by atoms with Crippen molar-refractivity contribution in [2.24, 2.45) is 5.92 Å². The number of ether oxygens (including phenoxy) is 1. The number of nitrogens with one attached hydrogen (secondary N) is 2. The van der Waals surface area contributed by atoms with Crippen LogP contribution in [-0.4, -0.2) is 34.8 Å². The summed E-state index contributed by atoms with van der Waals surface area (Å²) in [5.74, 6) is 0.553. The van der Waals surface area contributed by atoms with Crippen LogP contribution in [0.2, 0.25) is 0 Å². The van der Waals surface area contributed by atoms with Gasteiger partial charge in [-0.25, -0.2) is 0 Å². The zero-order valence-corrected chi connectivity index (χ0v) is 18.2. The van der Waals surface area contributed by atoms with Crippen molar-refractivity contribution >= 4 is 22.7 Å². The minimum Gasteiger partial charge on any atom is -0.489 e. The van der Waals surface area contributed by atoms with Crippen LogP contribution in [-0.2, 0) is 17.9 Å². The van der Waals surface area contributed by atoms with Crippen LogP contribution < -0.4 is 10.1 Å². The van der Waals surface area contributed by atoms with Gasteiger partial charge in [-0.1, -0.05) is 60.7 Å². The molecule has 2 N–H and O–H groups in total. The zero-order chi connectivity index (χ0) is 22.6. The number of amides is 2. The number of carbonyl (C=O) groups excluding carboxylic acids is 2. The van der Waals surface area contributed by atoms with Crippen LogP contribution >= 0.6 is 0 Å². The Kier molecular flexibility index (Phi) is 5.81. The average molecular weight is 440 g/mol. The number of benzene rings is 3. The highest BCUT2D eigenvalue weighted by molar-refractivity contribution is 6.07. The first kappa shape index (κ1) is 20.8. The van der Waals surface area contributed by atoms with Gasteiger partial charge in [-0.3, -0.25) is 9.59 Å². The minimum absolute atomic E-state index is 0.0256. The number of H-pyrrole nitrogens is 1. The molecule has 2 heterocycles. The summed E-state index contributed by atoms with van der Waals surface area (Å²) in [5, 5.41) is 3.89. The Labute approximate surface area is 192 Å². The van der Waals surface area contributed by atoms with Crippen molar-refractivity contribution in [1.29, 1.82) is 0 Å². The van der Waals surface area contributed by atoms with Crippen LogP contribution in [0.4, 0.5) is 0 Å². The Morgan fingerprint density at radius 3 is 2.42 bits per heavy atom. The number of rotatable bonds is 7. The monoisotopic (exact) mass is 439 g/mol. The topological polar surface area (TPSA) is 74.4 Å². The Bertz CT molecular complexity index is 1260. The van der Waals surface area contributed by atoms with E-state index in [1.165, 1.54) is 0 Å². The summed E-state index contributed by atoms with van der Waals surface area (Å²) in [4.78, 5) is 30.1. The fourth-order valence-corrected chi connectivity index (χ4v) is 4.01. The van der Waals surface area contributed by atoms with Crippen molar-refractivity contribution in [3.8, 4) is 5.75 Å². The zero-order valence-electron chi connectivity index (χ0n) is 18.2. The second-order valence-corrected chi connectivity index (χ2v) is 8.29. The second kappa shape index (κ2) is 9.20. The molecule has 1 saturated heterocycles. The van der Waals surface area contributed by atoms with E-state index in [1.807, 2.05) is 78.9 Å². The molecule has 0 radical (unpaired) electrons. The van der Waals surface area contributed by atoms with Crippen LogP contribution in [0.5, 0.6) is 5.75 Å². The number of carbonyl (C=O) groups is 2. The fraction of sp³-hybridized carbons (Fsp3) is 0.185. The molecule has 6 heteroatoms. The molecule has 0 saturated carbocycles. The minimum atomic E-state index is -0.173. The van der Waals surface area contributed by atoms with E-state index in [0.717, 1.165) is 27.8 Å². The van der Waals surface area contributed by atoms with E-state index in [4.69, 9.17) is 4.74 Å². The smallest absolute Gasteiger partial charge is 0.256 e. The third-order valence-corrected chi connectivity index (χ3v) is 6.00. The third kappa shape index (κ3) is 4.60. The van der Waals surface area contributed by atoms with E-state index >= 15 is 0 Å². The molecule has 166 valence electrons. The Hall–Kier alpha value is -4.06. The average Bonchev–Trinajstić information content (AvgIpc) is 3.26. The molecule has 3 aromatic carbocycles. The van der Waals surface area contributed by atoms with Crippen LogP contribution in [0.1, 0.15) is 21.5 Å². The molecule has 2 amide bonds. The number of likely N-dealkylation sites (tertiary alicyclic amines) is 1. The number of hydrogen-bond acceptors (Lipinski definition) is 3. The molecule has 0 spiro atoms. The third-order valence-electron chi connectivity index (χ3n) is 6.00. The van der Waals surface area contributed by atoms with Crippen LogP contribution in [0, 0.1) is 5.92 Å². The van der Waals surface area contributed by atoms with Gasteiger partial charge >= 0.3 is 0 Å². The quantitative estimate of drug-likeness (QED) is 0.455.